The van der Waals surface area contributed by atoms with E-state index in [1.54, 1.807) is 23.6 Å². The van der Waals surface area contributed by atoms with E-state index in [4.69, 9.17) is 0 Å². The fourth-order valence-corrected chi connectivity index (χ4v) is 2.53. The quantitative estimate of drug-likeness (QED) is 0.844. The first-order valence-electron chi connectivity index (χ1n) is 5.64. The van der Waals surface area contributed by atoms with Crippen LogP contribution in [0.5, 0.6) is 0 Å². The molecule has 18 heavy (non-hydrogen) atoms. The number of rotatable bonds is 4. The van der Waals surface area contributed by atoms with E-state index >= 15 is 0 Å². The second-order valence-electron chi connectivity index (χ2n) is 4.00. The van der Waals surface area contributed by atoms with Gasteiger partial charge in [-0.15, -0.1) is 24.0 Å². The van der Waals surface area contributed by atoms with Crippen molar-refractivity contribution < 1.29 is 4.79 Å². The molecule has 94 valence electrons. The molecule has 0 aliphatic carbocycles. The lowest BCUT2D eigenvalue weighted by Crippen LogP contribution is -2.27. The molecule has 3 nitrogen and oxygen atoms in total. The number of thiol groups is 1. The molecular formula is C13H14N2OS2. The molecule has 0 saturated heterocycles. The summed E-state index contributed by atoms with van der Waals surface area (Å²) in [6.45, 7) is 2.63. The maximum absolute atomic E-state index is 12.0. The Morgan fingerprint density at radius 1 is 1.50 bits per heavy atom. The van der Waals surface area contributed by atoms with Crippen LogP contribution in [0.1, 0.15) is 28.2 Å². The summed E-state index contributed by atoms with van der Waals surface area (Å²) in [7, 11) is 0. The molecule has 5 heteroatoms. The van der Waals surface area contributed by atoms with Gasteiger partial charge in [-0.2, -0.15) is 0 Å². The predicted molar refractivity (Wildman–Crippen MR) is 76.6 cm³/mol. The molecule has 0 aliphatic heterocycles. The molecule has 2 aromatic rings. The van der Waals surface area contributed by atoms with E-state index in [9.17, 15) is 4.79 Å². The molecule has 1 amide bonds. The molecule has 1 heterocycles. The Morgan fingerprint density at radius 3 is 2.94 bits per heavy atom. The van der Waals surface area contributed by atoms with Crippen molar-refractivity contribution in [2.45, 2.75) is 17.7 Å². The third-order valence-electron chi connectivity index (χ3n) is 2.59. The van der Waals surface area contributed by atoms with E-state index in [2.05, 4.69) is 22.9 Å². The SMILES string of the molecule is CC(CNC(=O)c1ccccc1S)c1nccs1. The van der Waals surface area contributed by atoms with Crippen molar-refractivity contribution in [1.29, 1.82) is 0 Å². The summed E-state index contributed by atoms with van der Waals surface area (Å²) in [5, 5.41) is 5.88. The van der Waals surface area contributed by atoms with Crippen molar-refractivity contribution in [3.63, 3.8) is 0 Å². The number of nitrogens with one attached hydrogen (secondary N) is 1. The third kappa shape index (κ3) is 3.11. The topological polar surface area (TPSA) is 42.0 Å². The number of nitrogens with zero attached hydrogens (tertiary/aromatic N) is 1. The molecule has 0 fully saturated rings. The van der Waals surface area contributed by atoms with E-state index in [0.717, 1.165) is 5.01 Å². The van der Waals surface area contributed by atoms with Gasteiger partial charge in [-0.3, -0.25) is 4.79 Å². The number of amides is 1. The van der Waals surface area contributed by atoms with E-state index in [-0.39, 0.29) is 11.8 Å². The fraction of sp³-hybridized carbons (Fsp3) is 0.231. The van der Waals surface area contributed by atoms with Crippen LogP contribution in [-0.4, -0.2) is 17.4 Å². The number of hydrogen-bond donors (Lipinski definition) is 2. The van der Waals surface area contributed by atoms with Crippen LogP contribution in [0.3, 0.4) is 0 Å². The van der Waals surface area contributed by atoms with Crippen LogP contribution in [0.2, 0.25) is 0 Å². The van der Waals surface area contributed by atoms with Crippen molar-refractivity contribution in [2.75, 3.05) is 6.54 Å². The monoisotopic (exact) mass is 278 g/mol. The van der Waals surface area contributed by atoms with Crippen LogP contribution < -0.4 is 5.32 Å². The Morgan fingerprint density at radius 2 is 2.28 bits per heavy atom. The first-order chi connectivity index (χ1) is 8.68. The highest BCUT2D eigenvalue weighted by atomic mass is 32.1. The molecule has 0 radical (unpaired) electrons. The molecule has 0 spiro atoms. The van der Waals surface area contributed by atoms with Gasteiger partial charge in [-0.1, -0.05) is 19.1 Å². The summed E-state index contributed by atoms with van der Waals surface area (Å²) in [4.78, 5) is 16.9. The Kier molecular flexibility index (Phi) is 4.38. The van der Waals surface area contributed by atoms with Gasteiger partial charge in [0, 0.05) is 28.9 Å². The Balaban J connectivity index is 1.95. The number of aromatic nitrogens is 1. The van der Waals surface area contributed by atoms with Gasteiger partial charge < -0.3 is 5.32 Å². The molecule has 1 atom stereocenters. The number of carbonyl (C=O) groups is 1. The van der Waals surface area contributed by atoms with E-state index in [1.165, 1.54) is 0 Å². The van der Waals surface area contributed by atoms with E-state index in [0.29, 0.717) is 17.0 Å². The minimum atomic E-state index is -0.0935. The second kappa shape index (κ2) is 6.02. The molecule has 2 rings (SSSR count). The average molecular weight is 278 g/mol. The zero-order chi connectivity index (χ0) is 13.0. The smallest absolute Gasteiger partial charge is 0.252 e. The van der Waals surface area contributed by atoms with Crippen LogP contribution in [0, 0.1) is 0 Å². The zero-order valence-corrected chi connectivity index (χ0v) is 11.7. The Hall–Kier alpha value is -1.33. The van der Waals surface area contributed by atoms with Gasteiger partial charge in [-0.25, -0.2) is 4.98 Å². The largest absolute Gasteiger partial charge is 0.351 e. The number of thiazole rings is 1. The first kappa shape index (κ1) is 13.1. The maximum atomic E-state index is 12.0. The number of carbonyl (C=O) groups excluding carboxylic acids is 1. The van der Waals surface area contributed by atoms with Crippen LogP contribution in [0.4, 0.5) is 0 Å². The molecule has 1 N–H and O–H groups in total. The Labute approximate surface area is 116 Å². The third-order valence-corrected chi connectivity index (χ3v) is 3.99. The number of benzene rings is 1. The minimum absolute atomic E-state index is 0.0935. The van der Waals surface area contributed by atoms with Gasteiger partial charge in [0.25, 0.3) is 5.91 Å². The molecular weight excluding hydrogens is 264 g/mol. The van der Waals surface area contributed by atoms with Gasteiger partial charge >= 0.3 is 0 Å². The van der Waals surface area contributed by atoms with Gasteiger partial charge in [0.15, 0.2) is 0 Å². The van der Waals surface area contributed by atoms with Crippen LogP contribution in [-0.2, 0) is 0 Å². The zero-order valence-electron chi connectivity index (χ0n) is 9.96. The summed E-state index contributed by atoms with van der Waals surface area (Å²) >= 11 is 5.87. The summed E-state index contributed by atoms with van der Waals surface area (Å²) in [5.74, 6) is 0.130. The number of hydrogen-bond acceptors (Lipinski definition) is 4. The van der Waals surface area contributed by atoms with Crippen LogP contribution in [0.15, 0.2) is 40.7 Å². The predicted octanol–water partition coefficient (Wildman–Crippen LogP) is 2.97. The lowest BCUT2D eigenvalue weighted by Gasteiger charge is -2.11. The van der Waals surface area contributed by atoms with Crippen molar-refractivity contribution in [3.8, 4) is 0 Å². The van der Waals surface area contributed by atoms with Crippen molar-refractivity contribution in [1.82, 2.24) is 10.3 Å². The normalized spacial score (nSPS) is 12.1. The van der Waals surface area contributed by atoms with Crippen LogP contribution in [0.25, 0.3) is 0 Å². The molecule has 1 aromatic carbocycles. The van der Waals surface area contributed by atoms with Crippen molar-refractivity contribution >= 4 is 29.9 Å². The molecule has 0 saturated carbocycles. The molecule has 1 aromatic heterocycles. The highest BCUT2D eigenvalue weighted by Crippen LogP contribution is 2.17. The van der Waals surface area contributed by atoms with E-state index < -0.39 is 0 Å². The van der Waals surface area contributed by atoms with Crippen molar-refractivity contribution in [2.24, 2.45) is 0 Å². The van der Waals surface area contributed by atoms with Gasteiger partial charge in [0.1, 0.15) is 0 Å². The summed E-state index contributed by atoms with van der Waals surface area (Å²) in [6, 6.07) is 7.27. The maximum Gasteiger partial charge on any atom is 0.252 e. The summed E-state index contributed by atoms with van der Waals surface area (Å²) in [5.41, 5.74) is 0.604. The Bertz CT molecular complexity index is 526. The minimum Gasteiger partial charge on any atom is -0.351 e. The molecule has 0 bridgehead atoms. The van der Waals surface area contributed by atoms with Crippen molar-refractivity contribution in [3.05, 3.63) is 46.4 Å². The van der Waals surface area contributed by atoms with Gasteiger partial charge in [0.2, 0.25) is 0 Å². The van der Waals surface area contributed by atoms with Crippen LogP contribution >= 0.6 is 24.0 Å². The average Bonchev–Trinajstić information content (AvgIpc) is 2.90. The summed E-state index contributed by atoms with van der Waals surface area (Å²) < 4.78 is 0. The first-order valence-corrected chi connectivity index (χ1v) is 6.96. The highest BCUT2D eigenvalue weighted by Gasteiger charge is 2.12. The molecule has 1 unspecified atom stereocenters. The fourth-order valence-electron chi connectivity index (χ4n) is 1.57. The summed E-state index contributed by atoms with van der Waals surface area (Å²) in [6.07, 6.45) is 1.78. The molecule has 0 aliphatic rings. The van der Waals surface area contributed by atoms with Gasteiger partial charge in [0.05, 0.1) is 10.6 Å². The standard InChI is InChI=1S/C13H14N2OS2/c1-9(13-14-6-7-18-13)8-15-12(16)10-4-2-3-5-11(10)17/h2-7,9,17H,8H2,1H3,(H,15,16). The highest BCUT2D eigenvalue weighted by molar-refractivity contribution is 7.80. The second-order valence-corrected chi connectivity index (χ2v) is 5.41. The lowest BCUT2D eigenvalue weighted by molar-refractivity contribution is 0.0949. The lowest BCUT2D eigenvalue weighted by atomic mass is 10.1. The van der Waals surface area contributed by atoms with E-state index in [1.807, 2.05) is 30.5 Å². The van der Waals surface area contributed by atoms with Gasteiger partial charge in [-0.05, 0) is 12.1 Å².